The molecule has 0 aromatic rings. The van der Waals surface area contributed by atoms with Crippen LogP contribution < -0.4 is 5.32 Å². The maximum absolute atomic E-state index is 3.59. The Kier molecular flexibility index (Phi) is 6.33. The van der Waals surface area contributed by atoms with Gasteiger partial charge in [-0.1, -0.05) is 13.8 Å². The lowest BCUT2D eigenvalue weighted by Gasteiger charge is -2.18. The van der Waals surface area contributed by atoms with Crippen molar-refractivity contribution in [3.05, 3.63) is 0 Å². The molecule has 2 unspecified atom stereocenters. The molecule has 0 bridgehead atoms. The average Bonchev–Trinajstić information content (AvgIpc) is 2.54. The van der Waals surface area contributed by atoms with Gasteiger partial charge in [0.1, 0.15) is 0 Å². The van der Waals surface area contributed by atoms with Gasteiger partial charge in [-0.25, -0.2) is 0 Å². The third-order valence-corrected chi connectivity index (χ3v) is 4.69. The van der Waals surface area contributed by atoms with Gasteiger partial charge in [0.2, 0.25) is 0 Å². The van der Waals surface area contributed by atoms with Gasteiger partial charge < -0.3 is 5.32 Å². The Labute approximate surface area is 90.8 Å². The van der Waals surface area contributed by atoms with Gasteiger partial charge in [-0.05, 0) is 36.1 Å². The number of hydrogen-bond acceptors (Lipinski definition) is 3. The SMILES string of the molecule is CCNC1CSCC1CCSCC. The highest BCUT2D eigenvalue weighted by Crippen LogP contribution is 2.27. The zero-order valence-corrected chi connectivity index (χ0v) is 10.3. The third kappa shape index (κ3) is 4.13. The van der Waals surface area contributed by atoms with Crippen LogP contribution in [-0.4, -0.2) is 35.6 Å². The van der Waals surface area contributed by atoms with Crippen LogP contribution in [0, 0.1) is 5.92 Å². The first-order chi connectivity index (χ1) is 6.38. The fourth-order valence-corrected chi connectivity index (χ4v) is 3.99. The largest absolute Gasteiger partial charge is 0.313 e. The van der Waals surface area contributed by atoms with Gasteiger partial charge in [-0.3, -0.25) is 0 Å². The Hall–Kier alpha value is 0.660. The highest BCUT2D eigenvalue weighted by molar-refractivity contribution is 7.99. The van der Waals surface area contributed by atoms with Crippen molar-refractivity contribution in [3.63, 3.8) is 0 Å². The highest BCUT2D eigenvalue weighted by atomic mass is 32.2. The van der Waals surface area contributed by atoms with Gasteiger partial charge in [0.05, 0.1) is 0 Å². The summed E-state index contributed by atoms with van der Waals surface area (Å²) in [7, 11) is 0. The highest BCUT2D eigenvalue weighted by Gasteiger charge is 2.26. The van der Waals surface area contributed by atoms with Crippen molar-refractivity contribution < 1.29 is 0 Å². The minimum Gasteiger partial charge on any atom is -0.313 e. The molecule has 78 valence electrons. The van der Waals surface area contributed by atoms with Crippen LogP contribution in [0.25, 0.3) is 0 Å². The summed E-state index contributed by atoms with van der Waals surface area (Å²) in [5.41, 5.74) is 0. The maximum atomic E-state index is 3.59. The molecule has 0 aromatic heterocycles. The lowest BCUT2D eigenvalue weighted by atomic mass is 10.0. The maximum Gasteiger partial charge on any atom is 0.0194 e. The van der Waals surface area contributed by atoms with Crippen LogP contribution in [0.1, 0.15) is 20.3 Å². The molecule has 0 amide bonds. The summed E-state index contributed by atoms with van der Waals surface area (Å²) in [6.45, 7) is 5.58. The standard InChI is InChI=1S/C10H21NS2/c1-3-11-10-8-13-7-9(10)5-6-12-4-2/h9-11H,3-8H2,1-2H3. The number of thioether (sulfide) groups is 2. The van der Waals surface area contributed by atoms with Crippen LogP contribution in [0.3, 0.4) is 0 Å². The molecule has 0 aromatic carbocycles. The Balaban J connectivity index is 2.15. The molecule has 1 heterocycles. The van der Waals surface area contributed by atoms with E-state index in [1.165, 1.54) is 29.4 Å². The first-order valence-corrected chi connectivity index (χ1v) is 7.58. The summed E-state index contributed by atoms with van der Waals surface area (Å²) in [6, 6.07) is 0.799. The van der Waals surface area contributed by atoms with Crippen molar-refractivity contribution in [3.8, 4) is 0 Å². The zero-order chi connectivity index (χ0) is 9.52. The molecular formula is C10H21NS2. The van der Waals surface area contributed by atoms with E-state index >= 15 is 0 Å². The lowest BCUT2D eigenvalue weighted by Crippen LogP contribution is -2.35. The summed E-state index contributed by atoms with van der Waals surface area (Å²) >= 11 is 4.19. The first kappa shape index (κ1) is 11.7. The molecule has 3 heteroatoms. The molecule has 13 heavy (non-hydrogen) atoms. The van der Waals surface area contributed by atoms with Gasteiger partial charge in [0, 0.05) is 11.8 Å². The fourth-order valence-electron chi connectivity index (χ4n) is 1.75. The van der Waals surface area contributed by atoms with E-state index in [1.807, 2.05) is 0 Å². The van der Waals surface area contributed by atoms with Gasteiger partial charge in [-0.2, -0.15) is 23.5 Å². The van der Waals surface area contributed by atoms with Crippen molar-refractivity contribution in [1.29, 1.82) is 0 Å². The Morgan fingerprint density at radius 2 is 2.23 bits per heavy atom. The van der Waals surface area contributed by atoms with E-state index in [0.717, 1.165) is 18.5 Å². The quantitative estimate of drug-likeness (QED) is 0.689. The fraction of sp³-hybridized carbons (Fsp3) is 1.00. The third-order valence-electron chi connectivity index (χ3n) is 2.50. The van der Waals surface area contributed by atoms with Crippen LogP contribution in [0.4, 0.5) is 0 Å². The van der Waals surface area contributed by atoms with E-state index < -0.39 is 0 Å². The first-order valence-electron chi connectivity index (χ1n) is 5.27. The van der Waals surface area contributed by atoms with E-state index in [1.54, 1.807) is 0 Å². The van der Waals surface area contributed by atoms with Crippen LogP contribution >= 0.6 is 23.5 Å². The second-order valence-corrected chi connectivity index (χ2v) is 5.92. The molecule has 0 radical (unpaired) electrons. The summed E-state index contributed by atoms with van der Waals surface area (Å²) in [5, 5.41) is 3.59. The van der Waals surface area contributed by atoms with Crippen LogP contribution in [0.15, 0.2) is 0 Å². The van der Waals surface area contributed by atoms with Crippen molar-refractivity contribution >= 4 is 23.5 Å². The minimum atomic E-state index is 0.799. The smallest absolute Gasteiger partial charge is 0.0194 e. The topological polar surface area (TPSA) is 12.0 Å². The molecule has 1 N–H and O–H groups in total. The lowest BCUT2D eigenvalue weighted by molar-refractivity contribution is 0.428. The molecule has 0 saturated carbocycles. The Morgan fingerprint density at radius 1 is 1.38 bits per heavy atom. The van der Waals surface area contributed by atoms with E-state index in [0.29, 0.717) is 0 Å². The summed E-state index contributed by atoms with van der Waals surface area (Å²) in [4.78, 5) is 0. The molecule has 1 nitrogen and oxygen atoms in total. The molecular weight excluding hydrogens is 198 g/mol. The number of nitrogens with one attached hydrogen (secondary N) is 1. The van der Waals surface area contributed by atoms with E-state index in [4.69, 9.17) is 0 Å². The van der Waals surface area contributed by atoms with E-state index in [2.05, 4.69) is 42.7 Å². The second-order valence-electron chi connectivity index (χ2n) is 3.45. The monoisotopic (exact) mass is 219 g/mol. The van der Waals surface area contributed by atoms with Crippen LogP contribution in [0.5, 0.6) is 0 Å². The van der Waals surface area contributed by atoms with Gasteiger partial charge in [0.25, 0.3) is 0 Å². The minimum absolute atomic E-state index is 0.799. The van der Waals surface area contributed by atoms with Crippen molar-refractivity contribution in [1.82, 2.24) is 5.32 Å². The molecule has 2 atom stereocenters. The molecule has 1 aliphatic rings. The van der Waals surface area contributed by atoms with Crippen molar-refractivity contribution in [2.24, 2.45) is 5.92 Å². The molecule has 0 aliphatic carbocycles. The van der Waals surface area contributed by atoms with Gasteiger partial charge in [-0.15, -0.1) is 0 Å². The normalized spacial score (nSPS) is 28.2. The predicted molar refractivity (Wildman–Crippen MR) is 65.9 cm³/mol. The summed E-state index contributed by atoms with van der Waals surface area (Å²) < 4.78 is 0. The molecule has 1 rings (SSSR count). The number of hydrogen-bond donors (Lipinski definition) is 1. The van der Waals surface area contributed by atoms with Crippen molar-refractivity contribution in [2.45, 2.75) is 26.3 Å². The van der Waals surface area contributed by atoms with Crippen molar-refractivity contribution in [2.75, 3.05) is 29.6 Å². The summed E-state index contributed by atoms with van der Waals surface area (Å²) in [6.07, 6.45) is 1.41. The van der Waals surface area contributed by atoms with Crippen LogP contribution in [0.2, 0.25) is 0 Å². The van der Waals surface area contributed by atoms with Gasteiger partial charge in [0.15, 0.2) is 0 Å². The molecule has 1 aliphatic heterocycles. The molecule has 0 spiro atoms. The van der Waals surface area contributed by atoms with Gasteiger partial charge >= 0.3 is 0 Å². The molecule has 1 saturated heterocycles. The predicted octanol–water partition coefficient (Wildman–Crippen LogP) is 2.47. The average molecular weight is 219 g/mol. The molecule has 1 fully saturated rings. The van der Waals surface area contributed by atoms with E-state index in [9.17, 15) is 0 Å². The summed E-state index contributed by atoms with van der Waals surface area (Å²) in [5.74, 6) is 6.26. The van der Waals surface area contributed by atoms with Crippen LogP contribution in [-0.2, 0) is 0 Å². The zero-order valence-electron chi connectivity index (χ0n) is 8.71. The van der Waals surface area contributed by atoms with E-state index in [-0.39, 0.29) is 0 Å². The second kappa shape index (κ2) is 7.02. The Bertz CT molecular complexity index is 130. The number of rotatable bonds is 6. The Morgan fingerprint density at radius 3 is 2.92 bits per heavy atom.